The van der Waals surface area contributed by atoms with Gasteiger partial charge in [-0.3, -0.25) is 4.79 Å². The molecule has 3 nitrogen and oxygen atoms in total. The van der Waals surface area contributed by atoms with Crippen molar-refractivity contribution >= 4 is 5.97 Å². The van der Waals surface area contributed by atoms with Gasteiger partial charge in [-0.1, -0.05) is 24.3 Å². The first kappa shape index (κ1) is 9.00. The van der Waals surface area contributed by atoms with Crippen LogP contribution in [0.25, 0.3) is 0 Å². The predicted molar refractivity (Wildman–Crippen MR) is 44.7 cm³/mol. The summed E-state index contributed by atoms with van der Waals surface area (Å²) >= 11 is 0. The Balaban J connectivity index is 2.44. The van der Waals surface area contributed by atoms with Gasteiger partial charge in [0.1, 0.15) is 0 Å². The zero-order valence-electron chi connectivity index (χ0n) is 6.73. The van der Waals surface area contributed by atoms with Crippen LogP contribution in [-0.2, 0) is 4.79 Å². The van der Waals surface area contributed by atoms with E-state index in [1.54, 1.807) is 12.2 Å². The molecule has 0 saturated carbocycles. The minimum Gasteiger partial charge on any atom is -0.481 e. The molecule has 1 aliphatic carbocycles. The highest BCUT2D eigenvalue weighted by Crippen LogP contribution is 2.22. The monoisotopic (exact) mass is 168 g/mol. The SMILES string of the molecule is O=C(O)CC[C@@]1(O)C=CC=CC1. The van der Waals surface area contributed by atoms with Crippen molar-refractivity contribution in [3.05, 3.63) is 24.3 Å². The van der Waals surface area contributed by atoms with Crippen LogP contribution in [0.3, 0.4) is 0 Å². The van der Waals surface area contributed by atoms with Crippen LogP contribution in [0.5, 0.6) is 0 Å². The maximum Gasteiger partial charge on any atom is 0.303 e. The molecule has 1 rings (SSSR count). The molecule has 0 aromatic rings. The summed E-state index contributed by atoms with van der Waals surface area (Å²) in [6.07, 6.45) is 7.87. The number of hydrogen-bond acceptors (Lipinski definition) is 2. The van der Waals surface area contributed by atoms with E-state index in [0.717, 1.165) is 0 Å². The van der Waals surface area contributed by atoms with Gasteiger partial charge in [-0.25, -0.2) is 0 Å². The molecular weight excluding hydrogens is 156 g/mol. The second-order valence-electron chi connectivity index (χ2n) is 2.99. The van der Waals surface area contributed by atoms with Crippen molar-refractivity contribution in [1.29, 1.82) is 0 Å². The molecule has 1 aliphatic rings. The topological polar surface area (TPSA) is 57.5 Å². The Morgan fingerprint density at radius 3 is 2.75 bits per heavy atom. The zero-order valence-corrected chi connectivity index (χ0v) is 6.73. The number of allylic oxidation sites excluding steroid dienone is 2. The fourth-order valence-electron chi connectivity index (χ4n) is 1.16. The van der Waals surface area contributed by atoms with Crippen LogP contribution in [-0.4, -0.2) is 21.8 Å². The van der Waals surface area contributed by atoms with Crippen molar-refractivity contribution in [2.24, 2.45) is 0 Å². The van der Waals surface area contributed by atoms with Crippen molar-refractivity contribution < 1.29 is 15.0 Å². The Bertz CT molecular complexity index is 230. The van der Waals surface area contributed by atoms with Crippen LogP contribution >= 0.6 is 0 Å². The standard InChI is InChI=1S/C9H12O3/c10-8(11)4-7-9(12)5-2-1-3-6-9/h1-3,5,12H,4,6-7H2,(H,10,11)/t9-/m1/s1. The molecular formula is C9H12O3. The van der Waals surface area contributed by atoms with Gasteiger partial charge < -0.3 is 10.2 Å². The van der Waals surface area contributed by atoms with Crippen LogP contribution < -0.4 is 0 Å². The summed E-state index contributed by atoms with van der Waals surface area (Å²) in [5.74, 6) is -0.869. The Morgan fingerprint density at radius 1 is 1.50 bits per heavy atom. The third kappa shape index (κ3) is 2.51. The lowest BCUT2D eigenvalue weighted by atomic mass is 9.90. The Kier molecular flexibility index (Phi) is 2.65. The van der Waals surface area contributed by atoms with Crippen molar-refractivity contribution in [3.8, 4) is 0 Å². The number of carboxylic acids is 1. The van der Waals surface area contributed by atoms with E-state index in [9.17, 15) is 9.90 Å². The van der Waals surface area contributed by atoms with Crippen LogP contribution in [0.4, 0.5) is 0 Å². The van der Waals surface area contributed by atoms with E-state index in [1.165, 1.54) is 0 Å². The number of carboxylic acid groups (broad SMARTS) is 1. The van der Waals surface area contributed by atoms with E-state index >= 15 is 0 Å². The molecule has 0 bridgehead atoms. The largest absolute Gasteiger partial charge is 0.481 e. The molecule has 0 aromatic carbocycles. The van der Waals surface area contributed by atoms with E-state index in [-0.39, 0.29) is 12.8 Å². The first-order valence-corrected chi connectivity index (χ1v) is 3.91. The maximum atomic E-state index is 10.2. The van der Waals surface area contributed by atoms with Gasteiger partial charge in [-0.15, -0.1) is 0 Å². The molecule has 0 spiro atoms. The van der Waals surface area contributed by atoms with Crippen LogP contribution in [0.1, 0.15) is 19.3 Å². The second kappa shape index (κ2) is 3.54. The Morgan fingerprint density at radius 2 is 2.25 bits per heavy atom. The molecule has 66 valence electrons. The van der Waals surface area contributed by atoms with Crippen molar-refractivity contribution in [2.45, 2.75) is 24.9 Å². The van der Waals surface area contributed by atoms with Gasteiger partial charge in [0.05, 0.1) is 5.60 Å². The summed E-state index contributed by atoms with van der Waals surface area (Å²) in [7, 11) is 0. The normalized spacial score (nSPS) is 27.4. The summed E-state index contributed by atoms with van der Waals surface area (Å²) in [4.78, 5) is 10.2. The molecule has 0 fully saturated rings. The van der Waals surface area contributed by atoms with Crippen LogP contribution in [0, 0.1) is 0 Å². The summed E-state index contributed by atoms with van der Waals surface area (Å²) in [6, 6.07) is 0. The second-order valence-corrected chi connectivity index (χ2v) is 2.99. The van der Waals surface area contributed by atoms with Crippen LogP contribution in [0.2, 0.25) is 0 Å². The molecule has 2 N–H and O–H groups in total. The smallest absolute Gasteiger partial charge is 0.303 e. The number of hydrogen-bond donors (Lipinski definition) is 2. The van der Waals surface area contributed by atoms with Crippen molar-refractivity contribution in [2.75, 3.05) is 0 Å². The average Bonchev–Trinajstić information content (AvgIpc) is 2.03. The van der Waals surface area contributed by atoms with Crippen molar-refractivity contribution in [1.82, 2.24) is 0 Å². The lowest BCUT2D eigenvalue weighted by molar-refractivity contribution is -0.138. The molecule has 0 radical (unpaired) electrons. The molecule has 0 heterocycles. The van der Waals surface area contributed by atoms with Crippen molar-refractivity contribution in [3.63, 3.8) is 0 Å². The van der Waals surface area contributed by atoms with E-state index in [0.29, 0.717) is 6.42 Å². The quantitative estimate of drug-likeness (QED) is 0.663. The zero-order chi connectivity index (χ0) is 9.03. The highest BCUT2D eigenvalue weighted by molar-refractivity contribution is 5.66. The number of aliphatic hydroxyl groups is 1. The molecule has 0 aliphatic heterocycles. The van der Waals surface area contributed by atoms with Gasteiger partial charge in [0.2, 0.25) is 0 Å². The summed E-state index contributed by atoms with van der Waals surface area (Å²) in [6.45, 7) is 0. The third-order valence-electron chi connectivity index (χ3n) is 1.90. The Hall–Kier alpha value is -1.09. The summed E-state index contributed by atoms with van der Waals surface area (Å²) < 4.78 is 0. The van der Waals surface area contributed by atoms with Crippen LogP contribution in [0.15, 0.2) is 24.3 Å². The fraction of sp³-hybridized carbons (Fsp3) is 0.444. The fourth-order valence-corrected chi connectivity index (χ4v) is 1.16. The van der Waals surface area contributed by atoms with Gasteiger partial charge in [-0.05, 0) is 12.8 Å². The third-order valence-corrected chi connectivity index (χ3v) is 1.90. The number of aliphatic carboxylic acids is 1. The highest BCUT2D eigenvalue weighted by atomic mass is 16.4. The van der Waals surface area contributed by atoms with Gasteiger partial charge in [-0.2, -0.15) is 0 Å². The maximum absolute atomic E-state index is 10.2. The van der Waals surface area contributed by atoms with Gasteiger partial charge in [0.25, 0.3) is 0 Å². The molecule has 0 unspecified atom stereocenters. The molecule has 3 heteroatoms. The average molecular weight is 168 g/mol. The molecule has 0 aromatic heterocycles. The van der Waals surface area contributed by atoms with E-state index < -0.39 is 11.6 Å². The molecule has 12 heavy (non-hydrogen) atoms. The van der Waals surface area contributed by atoms with E-state index in [2.05, 4.69) is 0 Å². The van der Waals surface area contributed by atoms with E-state index in [4.69, 9.17) is 5.11 Å². The first-order valence-electron chi connectivity index (χ1n) is 3.91. The Labute approximate surface area is 71.0 Å². The minimum absolute atomic E-state index is 0.00861. The van der Waals surface area contributed by atoms with Gasteiger partial charge >= 0.3 is 5.97 Å². The minimum atomic E-state index is -0.937. The summed E-state index contributed by atoms with van der Waals surface area (Å²) in [5, 5.41) is 18.1. The number of carbonyl (C=O) groups is 1. The molecule has 0 saturated heterocycles. The lowest BCUT2D eigenvalue weighted by Gasteiger charge is -2.23. The lowest BCUT2D eigenvalue weighted by Crippen LogP contribution is -2.27. The molecule has 1 atom stereocenters. The predicted octanol–water partition coefficient (Wildman–Crippen LogP) is 1.10. The molecule has 0 amide bonds. The highest BCUT2D eigenvalue weighted by Gasteiger charge is 2.23. The number of rotatable bonds is 3. The van der Waals surface area contributed by atoms with Gasteiger partial charge in [0, 0.05) is 6.42 Å². The first-order chi connectivity index (χ1) is 5.62. The van der Waals surface area contributed by atoms with Gasteiger partial charge in [0.15, 0.2) is 0 Å². The summed E-state index contributed by atoms with van der Waals surface area (Å²) in [5.41, 5.74) is -0.937. The van der Waals surface area contributed by atoms with E-state index in [1.807, 2.05) is 12.2 Å².